The zero-order valence-electron chi connectivity index (χ0n) is 18.8. The van der Waals surface area contributed by atoms with E-state index in [1.54, 1.807) is 4.90 Å². The van der Waals surface area contributed by atoms with Gasteiger partial charge in [-0.2, -0.15) is 0 Å². The van der Waals surface area contributed by atoms with Crippen LogP contribution in [-0.4, -0.2) is 16.8 Å². The summed E-state index contributed by atoms with van der Waals surface area (Å²) in [6, 6.07) is 23.5. The van der Waals surface area contributed by atoms with Crippen molar-refractivity contribution in [3.63, 3.8) is 0 Å². The van der Waals surface area contributed by atoms with Crippen molar-refractivity contribution in [2.45, 2.75) is 26.9 Å². The van der Waals surface area contributed by atoms with Gasteiger partial charge in [-0.05, 0) is 62.2 Å². The summed E-state index contributed by atoms with van der Waals surface area (Å²) in [5.74, 6) is 1.19. The van der Waals surface area contributed by atoms with Gasteiger partial charge >= 0.3 is 0 Å². The Bertz CT molecular complexity index is 1190. The van der Waals surface area contributed by atoms with E-state index < -0.39 is 0 Å². The van der Waals surface area contributed by atoms with Crippen LogP contribution in [0.4, 0.5) is 5.69 Å². The Labute approximate surface area is 204 Å². The first-order valence-electron chi connectivity index (χ1n) is 10.8. The van der Waals surface area contributed by atoms with Gasteiger partial charge in [0.15, 0.2) is 15.8 Å². The van der Waals surface area contributed by atoms with Crippen molar-refractivity contribution in [3.8, 4) is 11.5 Å². The number of anilines is 1. The lowest BCUT2D eigenvalue weighted by Crippen LogP contribution is -2.27. The maximum absolute atomic E-state index is 13.1. The second kappa shape index (κ2) is 10.2. The van der Waals surface area contributed by atoms with Crippen LogP contribution in [0, 0.1) is 6.92 Å². The van der Waals surface area contributed by atoms with E-state index in [0.29, 0.717) is 27.3 Å². The lowest BCUT2D eigenvalue weighted by molar-refractivity contribution is -0.113. The summed E-state index contributed by atoms with van der Waals surface area (Å²) in [5, 5.41) is 0. The fraction of sp³-hybridized carbons (Fsp3) is 0.185. The van der Waals surface area contributed by atoms with Gasteiger partial charge < -0.3 is 9.47 Å². The molecule has 3 aromatic carbocycles. The Morgan fingerprint density at radius 3 is 2.45 bits per heavy atom. The van der Waals surface area contributed by atoms with Gasteiger partial charge in [-0.25, -0.2) is 0 Å². The van der Waals surface area contributed by atoms with Crippen LogP contribution in [-0.2, 0) is 4.79 Å². The van der Waals surface area contributed by atoms with Crippen molar-refractivity contribution in [1.29, 1.82) is 0 Å². The SMILES string of the molecule is CCOc1cc(/C=C2\SC(=S)N(c3ccc(C)cc3)C2=O)ccc1O[C@@H](C)c1ccccc1. The summed E-state index contributed by atoms with van der Waals surface area (Å²) in [4.78, 5) is 15.2. The van der Waals surface area contributed by atoms with E-state index in [4.69, 9.17) is 21.7 Å². The molecule has 6 heteroatoms. The predicted molar refractivity (Wildman–Crippen MR) is 140 cm³/mol. The largest absolute Gasteiger partial charge is 0.490 e. The molecule has 1 atom stereocenters. The summed E-state index contributed by atoms with van der Waals surface area (Å²) >= 11 is 6.79. The van der Waals surface area contributed by atoms with E-state index in [9.17, 15) is 4.79 Å². The van der Waals surface area contributed by atoms with Gasteiger partial charge in [0, 0.05) is 0 Å². The van der Waals surface area contributed by atoms with Gasteiger partial charge in [0.2, 0.25) is 0 Å². The molecule has 0 N–H and O–H groups in total. The molecule has 0 bridgehead atoms. The van der Waals surface area contributed by atoms with Crippen molar-refractivity contribution in [1.82, 2.24) is 0 Å². The molecular weight excluding hydrogens is 450 g/mol. The number of thiocarbonyl (C=S) groups is 1. The minimum Gasteiger partial charge on any atom is -0.490 e. The molecule has 1 saturated heterocycles. The van der Waals surface area contributed by atoms with E-state index in [0.717, 1.165) is 22.4 Å². The van der Waals surface area contributed by atoms with Gasteiger partial charge in [0.05, 0.1) is 17.2 Å². The Balaban J connectivity index is 1.57. The molecule has 33 heavy (non-hydrogen) atoms. The van der Waals surface area contributed by atoms with E-state index in [1.807, 2.05) is 99.6 Å². The predicted octanol–water partition coefficient (Wildman–Crippen LogP) is 6.94. The highest BCUT2D eigenvalue weighted by Gasteiger charge is 2.33. The molecule has 0 aliphatic carbocycles. The monoisotopic (exact) mass is 475 g/mol. The Morgan fingerprint density at radius 1 is 1.03 bits per heavy atom. The molecule has 1 amide bonds. The number of thioether (sulfide) groups is 1. The minimum absolute atomic E-state index is 0.121. The summed E-state index contributed by atoms with van der Waals surface area (Å²) in [6.07, 6.45) is 1.72. The quantitative estimate of drug-likeness (QED) is 0.273. The molecule has 0 unspecified atom stereocenters. The number of hydrogen-bond donors (Lipinski definition) is 0. The zero-order chi connectivity index (χ0) is 23.4. The van der Waals surface area contributed by atoms with E-state index >= 15 is 0 Å². The van der Waals surface area contributed by atoms with Crippen LogP contribution in [0.3, 0.4) is 0 Å². The Morgan fingerprint density at radius 2 is 1.76 bits per heavy atom. The molecule has 1 aliphatic heterocycles. The van der Waals surface area contributed by atoms with E-state index in [1.165, 1.54) is 11.8 Å². The third-order valence-electron chi connectivity index (χ3n) is 5.22. The normalized spacial score (nSPS) is 15.7. The number of carbonyl (C=O) groups excluding carboxylic acids is 1. The maximum Gasteiger partial charge on any atom is 0.270 e. The van der Waals surface area contributed by atoms with Crippen molar-refractivity contribution < 1.29 is 14.3 Å². The second-order valence-electron chi connectivity index (χ2n) is 7.66. The summed E-state index contributed by atoms with van der Waals surface area (Å²) in [6.45, 7) is 6.46. The number of ether oxygens (including phenoxy) is 2. The molecule has 168 valence electrons. The van der Waals surface area contributed by atoms with Gasteiger partial charge in [-0.3, -0.25) is 9.69 Å². The van der Waals surface area contributed by atoms with Crippen molar-refractivity contribution in [3.05, 3.63) is 94.4 Å². The van der Waals surface area contributed by atoms with Crippen LogP contribution < -0.4 is 14.4 Å². The number of nitrogens with zero attached hydrogens (tertiary/aromatic N) is 1. The smallest absolute Gasteiger partial charge is 0.270 e. The van der Waals surface area contributed by atoms with Crippen LogP contribution >= 0.6 is 24.0 Å². The number of carbonyl (C=O) groups is 1. The first kappa shape index (κ1) is 23.1. The van der Waals surface area contributed by atoms with Crippen molar-refractivity contribution >= 4 is 46.0 Å². The standard InChI is InChI=1S/C27H25NO3S2/c1-4-30-24-16-20(12-15-23(24)31-19(3)21-8-6-5-7-9-21)17-25-26(29)28(27(32)33-25)22-13-10-18(2)11-14-22/h5-17,19H,4H2,1-3H3/b25-17-/t19-/m0/s1. The molecule has 3 aromatic rings. The molecule has 0 saturated carbocycles. The number of benzene rings is 3. The van der Waals surface area contributed by atoms with Crippen molar-refractivity contribution in [2.24, 2.45) is 0 Å². The van der Waals surface area contributed by atoms with Gasteiger partial charge in [-0.1, -0.05) is 78.1 Å². The maximum atomic E-state index is 13.1. The fourth-order valence-corrected chi connectivity index (χ4v) is 4.80. The van der Waals surface area contributed by atoms with Crippen LogP contribution in [0.15, 0.2) is 77.7 Å². The number of aryl methyl sites for hydroxylation is 1. The number of rotatable bonds is 7. The highest BCUT2D eigenvalue weighted by molar-refractivity contribution is 8.27. The average Bonchev–Trinajstić information content (AvgIpc) is 3.09. The first-order valence-corrected chi connectivity index (χ1v) is 12.0. The van der Waals surface area contributed by atoms with Crippen molar-refractivity contribution in [2.75, 3.05) is 11.5 Å². The van der Waals surface area contributed by atoms with Crippen LogP contribution in [0.1, 0.15) is 36.6 Å². The van der Waals surface area contributed by atoms with Crippen LogP contribution in [0.25, 0.3) is 6.08 Å². The fourth-order valence-electron chi connectivity index (χ4n) is 3.50. The molecule has 1 heterocycles. The second-order valence-corrected chi connectivity index (χ2v) is 9.34. The summed E-state index contributed by atoms with van der Waals surface area (Å²) < 4.78 is 12.6. The molecule has 4 rings (SSSR count). The average molecular weight is 476 g/mol. The summed E-state index contributed by atoms with van der Waals surface area (Å²) in [7, 11) is 0. The molecule has 1 fully saturated rings. The highest BCUT2D eigenvalue weighted by atomic mass is 32.2. The number of amides is 1. The lowest BCUT2D eigenvalue weighted by atomic mass is 10.1. The molecule has 1 aliphatic rings. The van der Waals surface area contributed by atoms with E-state index in [2.05, 4.69) is 0 Å². The van der Waals surface area contributed by atoms with E-state index in [-0.39, 0.29) is 12.0 Å². The first-order chi connectivity index (χ1) is 16.0. The Kier molecular flexibility index (Phi) is 7.16. The summed E-state index contributed by atoms with van der Waals surface area (Å²) in [5.41, 5.74) is 3.85. The third-order valence-corrected chi connectivity index (χ3v) is 6.53. The van der Waals surface area contributed by atoms with Crippen LogP contribution in [0.2, 0.25) is 0 Å². The minimum atomic E-state index is -0.123. The zero-order valence-corrected chi connectivity index (χ0v) is 20.4. The lowest BCUT2D eigenvalue weighted by Gasteiger charge is -2.18. The third kappa shape index (κ3) is 5.29. The topological polar surface area (TPSA) is 38.8 Å². The molecule has 0 radical (unpaired) electrons. The Hall–Kier alpha value is -3.09. The molecule has 4 nitrogen and oxygen atoms in total. The van der Waals surface area contributed by atoms with Crippen LogP contribution in [0.5, 0.6) is 11.5 Å². The molecular formula is C27H25NO3S2. The van der Waals surface area contributed by atoms with Gasteiger partial charge in [0.25, 0.3) is 5.91 Å². The van der Waals surface area contributed by atoms with Gasteiger partial charge in [-0.15, -0.1) is 0 Å². The molecule has 0 spiro atoms. The molecule has 0 aromatic heterocycles. The van der Waals surface area contributed by atoms with Gasteiger partial charge in [0.1, 0.15) is 6.10 Å². The number of hydrogen-bond acceptors (Lipinski definition) is 5. The highest BCUT2D eigenvalue weighted by Crippen LogP contribution is 2.38.